The summed E-state index contributed by atoms with van der Waals surface area (Å²) >= 11 is 3.79. The lowest BCUT2D eigenvalue weighted by molar-refractivity contribution is 1.18. The molecule has 0 bridgehead atoms. The second kappa shape index (κ2) is 12.5. The van der Waals surface area contributed by atoms with E-state index >= 15 is 0 Å². The third kappa shape index (κ3) is 5.94. The predicted molar refractivity (Wildman–Crippen MR) is 193 cm³/mol. The summed E-state index contributed by atoms with van der Waals surface area (Å²) in [5.74, 6) is 0.657. The lowest BCUT2D eigenvalue weighted by Gasteiger charge is -2.13. The zero-order chi connectivity index (χ0) is 31.6. The Labute approximate surface area is 280 Å². The quantitative estimate of drug-likeness (QED) is 0.176. The molecule has 8 rings (SSSR count). The standard InChI is InChI=1S/C41H26BrN5/c42-35-23-33(36-5-1-7-38-37(36)6-3-19-45-38)22-34(24-35)40-25-39(30-12-8-27(9-13-30)29-16-20-43-21-17-29)46-41(47-40)31-14-10-28(11-15-31)32-4-2-18-44-26-32/h1-26H. The number of rotatable bonds is 6. The van der Waals surface area contributed by atoms with Crippen LogP contribution < -0.4 is 0 Å². The Morgan fingerprint density at radius 1 is 0.426 bits per heavy atom. The number of fused-ring (bicyclic) bond motifs is 1. The van der Waals surface area contributed by atoms with E-state index in [9.17, 15) is 0 Å². The number of halogens is 1. The Morgan fingerprint density at radius 2 is 1.09 bits per heavy atom. The van der Waals surface area contributed by atoms with Crippen LogP contribution >= 0.6 is 15.9 Å². The van der Waals surface area contributed by atoms with E-state index in [0.717, 1.165) is 76.8 Å². The summed E-state index contributed by atoms with van der Waals surface area (Å²) in [6.07, 6.45) is 9.11. The Balaban J connectivity index is 1.25. The lowest BCUT2D eigenvalue weighted by Crippen LogP contribution is -1.96. The Bertz CT molecular complexity index is 2230. The molecule has 4 heterocycles. The summed E-state index contributed by atoms with van der Waals surface area (Å²) in [6, 6.07) is 43.7. The fourth-order valence-corrected chi connectivity index (χ4v) is 6.34. The summed E-state index contributed by atoms with van der Waals surface area (Å²) in [6.45, 7) is 0. The fourth-order valence-electron chi connectivity index (χ4n) is 5.84. The summed E-state index contributed by atoms with van der Waals surface area (Å²) < 4.78 is 0.968. The molecule has 0 fully saturated rings. The van der Waals surface area contributed by atoms with E-state index in [1.165, 1.54) is 0 Å². The fraction of sp³-hybridized carbons (Fsp3) is 0. The zero-order valence-corrected chi connectivity index (χ0v) is 26.7. The van der Waals surface area contributed by atoms with E-state index in [1.807, 2.05) is 55.1 Å². The van der Waals surface area contributed by atoms with Crippen LogP contribution in [0.25, 0.3) is 78.2 Å². The molecule has 5 nitrogen and oxygen atoms in total. The van der Waals surface area contributed by atoms with Gasteiger partial charge in [-0.2, -0.15) is 0 Å². The van der Waals surface area contributed by atoms with Crippen LogP contribution in [0.3, 0.4) is 0 Å². The minimum atomic E-state index is 0.657. The minimum absolute atomic E-state index is 0.657. The maximum absolute atomic E-state index is 5.14. The molecule has 8 aromatic rings. The highest BCUT2D eigenvalue weighted by Crippen LogP contribution is 2.36. The van der Waals surface area contributed by atoms with Crippen molar-refractivity contribution >= 4 is 26.8 Å². The number of pyridine rings is 3. The van der Waals surface area contributed by atoms with Gasteiger partial charge in [0.15, 0.2) is 5.82 Å². The molecular formula is C41H26BrN5. The van der Waals surface area contributed by atoms with Gasteiger partial charge < -0.3 is 0 Å². The molecule has 0 unspecified atom stereocenters. The van der Waals surface area contributed by atoms with Crippen molar-refractivity contribution in [1.82, 2.24) is 24.9 Å². The van der Waals surface area contributed by atoms with E-state index in [0.29, 0.717) is 5.82 Å². The minimum Gasteiger partial charge on any atom is -0.265 e. The highest BCUT2D eigenvalue weighted by Gasteiger charge is 2.14. The Kier molecular flexibility index (Phi) is 7.61. The van der Waals surface area contributed by atoms with Crippen molar-refractivity contribution in [1.29, 1.82) is 0 Å². The Morgan fingerprint density at radius 3 is 1.85 bits per heavy atom. The van der Waals surface area contributed by atoms with Gasteiger partial charge in [-0.05, 0) is 88.0 Å². The molecular weight excluding hydrogens is 642 g/mol. The largest absolute Gasteiger partial charge is 0.265 e. The second-order valence-corrected chi connectivity index (χ2v) is 12.1. The molecule has 0 N–H and O–H groups in total. The topological polar surface area (TPSA) is 64.5 Å². The summed E-state index contributed by atoms with van der Waals surface area (Å²) in [4.78, 5) is 23.2. The van der Waals surface area contributed by atoms with E-state index in [4.69, 9.17) is 9.97 Å². The highest BCUT2D eigenvalue weighted by atomic mass is 79.9. The Hall–Kier alpha value is -5.85. The maximum Gasteiger partial charge on any atom is 0.160 e. The van der Waals surface area contributed by atoms with Crippen molar-refractivity contribution in [3.8, 4) is 67.3 Å². The molecule has 4 aromatic carbocycles. The van der Waals surface area contributed by atoms with E-state index in [-0.39, 0.29) is 0 Å². The molecule has 4 aromatic heterocycles. The number of benzene rings is 4. The maximum atomic E-state index is 5.14. The van der Waals surface area contributed by atoms with Gasteiger partial charge in [0.2, 0.25) is 0 Å². The van der Waals surface area contributed by atoms with Crippen LogP contribution in [-0.4, -0.2) is 24.9 Å². The first kappa shape index (κ1) is 28.6. The van der Waals surface area contributed by atoms with Gasteiger partial charge in [0.25, 0.3) is 0 Å². The number of hydrogen-bond acceptors (Lipinski definition) is 5. The van der Waals surface area contributed by atoms with Gasteiger partial charge in [0.1, 0.15) is 0 Å². The van der Waals surface area contributed by atoms with Gasteiger partial charge >= 0.3 is 0 Å². The van der Waals surface area contributed by atoms with Crippen molar-refractivity contribution in [2.45, 2.75) is 0 Å². The molecule has 0 aliphatic rings. The van der Waals surface area contributed by atoms with Crippen molar-refractivity contribution in [2.24, 2.45) is 0 Å². The third-order valence-electron chi connectivity index (χ3n) is 8.21. The van der Waals surface area contributed by atoms with Gasteiger partial charge in [-0.1, -0.05) is 88.7 Å². The molecule has 0 spiro atoms. The van der Waals surface area contributed by atoms with Crippen LogP contribution in [0.4, 0.5) is 0 Å². The molecule has 0 aliphatic heterocycles. The smallest absolute Gasteiger partial charge is 0.160 e. The molecule has 47 heavy (non-hydrogen) atoms. The van der Waals surface area contributed by atoms with Crippen LogP contribution in [0, 0.1) is 0 Å². The van der Waals surface area contributed by atoms with Crippen LogP contribution in [0.5, 0.6) is 0 Å². The molecule has 0 radical (unpaired) electrons. The summed E-state index contributed by atoms with van der Waals surface area (Å²) in [7, 11) is 0. The van der Waals surface area contributed by atoms with E-state index in [1.54, 1.807) is 6.20 Å². The molecule has 222 valence electrons. The first-order chi connectivity index (χ1) is 23.2. The van der Waals surface area contributed by atoms with Crippen LogP contribution in [0.15, 0.2) is 163 Å². The van der Waals surface area contributed by atoms with E-state index in [2.05, 4.69) is 128 Å². The number of nitrogens with zero attached hydrogens (tertiary/aromatic N) is 5. The molecule has 0 aliphatic carbocycles. The SMILES string of the molecule is Brc1cc(-c2cc(-c3ccc(-c4ccncc4)cc3)nc(-c3ccc(-c4cccnc4)cc3)n2)cc(-c2cccc3ncccc23)c1. The molecule has 0 atom stereocenters. The summed E-state index contributed by atoms with van der Waals surface area (Å²) in [5.41, 5.74) is 12.2. The molecule has 6 heteroatoms. The monoisotopic (exact) mass is 667 g/mol. The van der Waals surface area contributed by atoms with Crippen molar-refractivity contribution < 1.29 is 0 Å². The van der Waals surface area contributed by atoms with Gasteiger partial charge in [-0.25, -0.2) is 9.97 Å². The lowest BCUT2D eigenvalue weighted by atomic mass is 9.97. The van der Waals surface area contributed by atoms with Gasteiger partial charge in [0, 0.05) is 57.5 Å². The summed E-state index contributed by atoms with van der Waals surface area (Å²) in [5, 5.41) is 1.10. The van der Waals surface area contributed by atoms with Gasteiger partial charge in [-0.3, -0.25) is 15.0 Å². The van der Waals surface area contributed by atoms with Crippen LogP contribution in [0.2, 0.25) is 0 Å². The highest BCUT2D eigenvalue weighted by molar-refractivity contribution is 9.10. The molecule has 0 saturated heterocycles. The van der Waals surface area contributed by atoms with Crippen molar-refractivity contribution in [3.05, 3.63) is 163 Å². The average Bonchev–Trinajstić information content (AvgIpc) is 3.15. The van der Waals surface area contributed by atoms with Crippen LogP contribution in [0.1, 0.15) is 0 Å². The normalized spacial score (nSPS) is 11.1. The van der Waals surface area contributed by atoms with Crippen LogP contribution in [-0.2, 0) is 0 Å². The third-order valence-corrected chi connectivity index (χ3v) is 8.67. The first-order valence-electron chi connectivity index (χ1n) is 15.2. The molecule has 0 saturated carbocycles. The van der Waals surface area contributed by atoms with Gasteiger partial charge in [0.05, 0.1) is 16.9 Å². The van der Waals surface area contributed by atoms with Crippen molar-refractivity contribution in [2.75, 3.05) is 0 Å². The second-order valence-electron chi connectivity index (χ2n) is 11.2. The van der Waals surface area contributed by atoms with E-state index < -0.39 is 0 Å². The van der Waals surface area contributed by atoms with Crippen molar-refractivity contribution in [3.63, 3.8) is 0 Å². The number of hydrogen-bond donors (Lipinski definition) is 0. The predicted octanol–water partition coefficient (Wildman–Crippen LogP) is 10.6. The average molecular weight is 669 g/mol. The zero-order valence-electron chi connectivity index (χ0n) is 25.1. The van der Waals surface area contributed by atoms with Gasteiger partial charge in [-0.15, -0.1) is 0 Å². The number of aromatic nitrogens is 5. The molecule has 0 amide bonds. The first-order valence-corrected chi connectivity index (χ1v) is 16.0.